The number of alkyl halides is 1. The molecule has 4 atom stereocenters. The van der Waals surface area contributed by atoms with E-state index in [2.05, 4.69) is 29.6 Å². The van der Waals surface area contributed by atoms with Crippen molar-refractivity contribution in [3.05, 3.63) is 35.9 Å². The average Bonchev–Trinajstić information content (AvgIpc) is 3.02. The minimum atomic E-state index is 0.102. The van der Waals surface area contributed by atoms with Crippen LogP contribution >= 0.6 is 11.6 Å². The monoisotopic (exact) mass is 263 g/mol. The molecule has 18 heavy (non-hydrogen) atoms. The van der Waals surface area contributed by atoms with Crippen LogP contribution in [0, 0.1) is 17.8 Å². The van der Waals surface area contributed by atoms with Crippen LogP contribution < -0.4 is 5.32 Å². The zero-order chi connectivity index (χ0) is 12.4. The maximum Gasteiger partial charge on any atom is 0.0709 e. The van der Waals surface area contributed by atoms with Crippen LogP contribution in [0.2, 0.25) is 0 Å². The summed E-state index contributed by atoms with van der Waals surface area (Å²) in [6.45, 7) is 2.05. The molecule has 2 heteroatoms. The fourth-order valence-corrected chi connectivity index (χ4v) is 4.06. The Morgan fingerprint density at radius 2 is 2.00 bits per heavy atom. The maximum atomic E-state index is 6.41. The van der Waals surface area contributed by atoms with Gasteiger partial charge in [-0.1, -0.05) is 36.8 Å². The standard InChI is InChI=1S/C16H22ClN/c17-16(13-4-2-1-3-5-13)11-18-10-15-9-12-6-7-14(15)8-12/h1-5,12,14-16,18H,6-11H2. The van der Waals surface area contributed by atoms with Gasteiger partial charge in [-0.3, -0.25) is 0 Å². The van der Waals surface area contributed by atoms with Gasteiger partial charge in [0.15, 0.2) is 0 Å². The second-order valence-electron chi connectivity index (χ2n) is 5.97. The van der Waals surface area contributed by atoms with E-state index in [0.717, 1.165) is 30.8 Å². The molecule has 1 nitrogen and oxygen atoms in total. The van der Waals surface area contributed by atoms with E-state index in [1.807, 2.05) is 6.07 Å². The van der Waals surface area contributed by atoms with Crippen LogP contribution in [0.1, 0.15) is 36.6 Å². The van der Waals surface area contributed by atoms with Crippen LogP contribution in [0.25, 0.3) is 0 Å². The van der Waals surface area contributed by atoms with Gasteiger partial charge in [-0.25, -0.2) is 0 Å². The summed E-state index contributed by atoms with van der Waals surface area (Å²) in [4.78, 5) is 0. The van der Waals surface area contributed by atoms with Gasteiger partial charge in [0.1, 0.15) is 0 Å². The van der Waals surface area contributed by atoms with Crippen LogP contribution in [0.5, 0.6) is 0 Å². The number of fused-ring (bicyclic) bond motifs is 2. The van der Waals surface area contributed by atoms with E-state index in [0.29, 0.717) is 0 Å². The highest BCUT2D eigenvalue weighted by Crippen LogP contribution is 2.47. The van der Waals surface area contributed by atoms with Crippen LogP contribution in [0.3, 0.4) is 0 Å². The number of benzene rings is 1. The summed E-state index contributed by atoms with van der Waals surface area (Å²) in [7, 11) is 0. The van der Waals surface area contributed by atoms with E-state index in [9.17, 15) is 0 Å². The van der Waals surface area contributed by atoms with Gasteiger partial charge >= 0.3 is 0 Å². The molecule has 98 valence electrons. The van der Waals surface area contributed by atoms with Crippen molar-refractivity contribution in [1.82, 2.24) is 5.32 Å². The molecule has 2 aliphatic rings. The molecule has 1 aromatic carbocycles. The fourth-order valence-electron chi connectivity index (χ4n) is 3.80. The normalized spacial score (nSPS) is 31.7. The van der Waals surface area contributed by atoms with Gasteiger partial charge < -0.3 is 5.32 Å². The van der Waals surface area contributed by atoms with Crippen LogP contribution in [-0.4, -0.2) is 13.1 Å². The van der Waals surface area contributed by atoms with E-state index in [4.69, 9.17) is 11.6 Å². The first-order valence-corrected chi connectivity index (χ1v) is 7.66. The molecule has 0 saturated heterocycles. The van der Waals surface area contributed by atoms with Gasteiger partial charge in [0.25, 0.3) is 0 Å². The Kier molecular flexibility index (Phi) is 3.91. The second kappa shape index (κ2) is 5.63. The molecule has 2 aliphatic carbocycles. The van der Waals surface area contributed by atoms with E-state index in [-0.39, 0.29) is 5.38 Å². The van der Waals surface area contributed by atoms with E-state index < -0.39 is 0 Å². The Balaban J connectivity index is 1.42. The lowest BCUT2D eigenvalue weighted by atomic mass is 9.89. The number of hydrogen-bond acceptors (Lipinski definition) is 1. The number of hydrogen-bond donors (Lipinski definition) is 1. The third-order valence-electron chi connectivity index (χ3n) is 4.78. The minimum absolute atomic E-state index is 0.102. The SMILES string of the molecule is ClC(CNCC1CC2CCC1C2)c1ccccc1. The van der Waals surface area contributed by atoms with Crippen molar-refractivity contribution in [2.24, 2.45) is 17.8 Å². The Morgan fingerprint density at radius 3 is 2.67 bits per heavy atom. The van der Waals surface area contributed by atoms with Crippen molar-refractivity contribution >= 4 is 11.6 Å². The summed E-state index contributed by atoms with van der Waals surface area (Å²) in [5.74, 6) is 2.97. The Morgan fingerprint density at radius 1 is 1.17 bits per heavy atom. The Hall–Kier alpha value is -0.530. The first-order chi connectivity index (χ1) is 8.83. The first kappa shape index (κ1) is 12.5. The molecule has 0 aromatic heterocycles. The molecule has 0 aliphatic heterocycles. The molecular weight excluding hydrogens is 242 g/mol. The van der Waals surface area contributed by atoms with E-state index in [1.165, 1.54) is 31.2 Å². The topological polar surface area (TPSA) is 12.0 Å². The minimum Gasteiger partial charge on any atom is -0.315 e. The van der Waals surface area contributed by atoms with E-state index >= 15 is 0 Å². The Labute approximate surface area is 115 Å². The fraction of sp³-hybridized carbons (Fsp3) is 0.625. The van der Waals surface area contributed by atoms with Gasteiger partial charge in [-0.05, 0) is 49.1 Å². The van der Waals surface area contributed by atoms with Crippen molar-refractivity contribution < 1.29 is 0 Å². The summed E-state index contributed by atoms with van der Waals surface area (Å²) in [6.07, 6.45) is 5.91. The smallest absolute Gasteiger partial charge is 0.0709 e. The number of rotatable bonds is 5. The molecule has 2 fully saturated rings. The molecule has 2 saturated carbocycles. The quantitative estimate of drug-likeness (QED) is 0.792. The third-order valence-corrected chi connectivity index (χ3v) is 5.18. The summed E-state index contributed by atoms with van der Waals surface area (Å²) >= 11 is 6.41. The van der Waals surface area contributed by atoms with Gasteiger partial charge in [0.2, 0.25) is 0 Å². The van der Waals surface area contributed by atoms with Gasteiger partial charge in [0, 0.05) is 6.54 Å². The molecule has 4 unspecified atom stereocenters. The highest BCUT2D eigenvalue weighted by atomic mass is 35.5. The average molecular weight is 264 g/mol. The van der Waals surface area contributed by atoms with Crippen LogP contribution in [0.15, 0.2) is 30.3 Å². The molecule has 0 heterocycles. The molecule has 0 radical (unpaired) electrons. The lowest BCUT2D eigenvalue weighted by Gasteiger charge is -2.22. The maximum absolute atomic E-state index is 6.41. The molecule has 3 rings (SSSR count). The zero-order valence-corrected chi connectivity index (χ0v) is 11.6. The van der Waals surface area contributed by atoms with Crippen molar-refractivity contribution in [3.8, 4) is 0 Å². The highest BCUT2D eigenvalue weighted by Gasteiger charge is 2.38. The molecule has 2 bridgehead atoms. The van der Waals surface area contributed by atoms with Gasteiger partial charge in [-0.2, -0.15) is 0 Å². The largest absolute Gasteiger partial charge is 0.315 e. The summed E-state index contributed by atoms with van der Waals surface area (Å²) in [5.41, 5.74) is 1.22. The van der Waals surface area contributed by atoms with E-state index in [1.54, 1.807) is 0 Å². The predicted molar refractivity (Wildman–Crippen MR) is 76.8 cm³/mol. The number of nitrogens with one attached hydrogen (secondary N) is 1. The first-order valence-electron chi connectivity index (χ1n) is 7.22. The van der Waals surface area contributed by atoms with Crippen LogP contribution in [-0.2, 0) is 0 Å². The van der Waals surface area contributed by atoms with Crippen molar-refractivity contribution in [2.45, 2.75) is 31.1 Å². The summed E-state index contributed by atoms with van der Waals surface area (Å²) in [6, 6.07) is 10.4. The zero-order valence-electron chi connectivity index (χ0n) is 10.8. The third kappa shape index (κ3) is 2.73. The Bertz CT molecular complexity index is 378. The van der Waals surface area contributed by atoms with Crippen molar-refractivity contribution in [2.75, 3.05) is 13.1 Å². The van der Waals surface area contributed by atoms with Crippen molar-refractivity contribution in [1.29, 1.82) is 0 Å². The highest BCUT2D eigenvalue weighted by molar-refractivity contribution is 6.21. The van der Waals surface area contributed by atoms with Gasteiger partial charge in [-0.15, -0.1) is 11.6 Å². The number of halogens is 1. The van der Waals surface area contributed by atoms with Crippen LogP contribution in [0.4, 0.5) is 0 Å². The molecule has 1 aromatic rings. The lowest BCUT2D eigenvalue weighted by molar-refractivity contribution is 0.319. The summed E-state index contributed by atoms with van der Waals surface area (Å²) in [5, 5.41) is 3.68. The second-order valence-corrected chi connectivity index (χ2v) is 6.50. The molecule has 0 amide bonds. The predicted octanol–water partition coefficient (Wildman–Crippen LogP) is 3.99. The lowest BCUT2D eigenvalue weighted by Crippen LogP contribution is -2.28. The van der Waals surface area contributed by atoms with Gasteiger partial charge in [0.05, 0.1) is 5.38 Å². The molecule has 1 N–H and O–H groups in total. The summed E-state index contributed by atoms with van der Waals surface area (Å²) < 4.78 is 0. The molecule has 0 spiro atoms. The molecular formula is C16H22ClN. The van der Waals surface area contributed by atoms with Crippen molar-refractivity contribution in [3.63, 3.8) is 0 Å².